The molecule has 230 valence electrons. The number of esters is 1. The standard InChI is InChI=1S/C30H40N2O10/c1-28-11-9-17(33)13-16(28)3-4-18-19-10-12-30(41,29(19,2)14-21(34)26(18)28)22(35)15-42-25(38)8-7-24(37)32-20(27(39)40)5-6-23(31)36/h13,18-20,26,41H,3-12,14-15H2,1-2H3,(H2,31,36)(H,32,37)(H,39,40)/t18-,19-,20+,26+,28+,29+,30+/m1/s1. The van der Waals surface area contributed by atoms with Crippen LogP contribution < -0.4 is 11.1 Å². The Labute approximate surface area is 243 Å². The van der Waals surface area contributed by atoms with E-state index in [2.05, 4.69) is 12.2 Å². The van der Waals surface area contributed by atoms with Gasteiger partial charge in [-0.05, 0) is 61.9 Å². The molecule has 0 spiro atoms. The number of primary amides is 1. The molecule has 0 aliphatic heterocycles. The Morgan fingerprint density at radius 2 is 1.79 bits per heavy atom. The Kier molecular flexibility index (Phi) is 8.78. The number of rotatable bonds is 11. The highest BCUT2D eigenvalue weighted by Crippen LogP contribution is 2.66. The van der Waals surface area contributed by atoms with Gasteiger partial charge in [-0.1, -0.05) is 19.4 Å². The maximum Gasteiger partial charge on any atom is 0.326 e. The number of aliphatic hydroxyl groups is 1. The second-order valence-corrected chi connectivity index (χ2v) is 12.8. The third kappa shape index (κ3) is 5.65. The molecule has 12 nitrogen and oxygen atoms in total. The molecule has 3 saturated carbocycles. The summed E-state index contributed by atoms with van der Waals surface area (Å²) < 4.78 is 5.09. The predicted octanol–water partition coefficient (Wildman–Crippen LogP) is 1.16. The molecule has 3 fully saturated rings. The van der Waals surface area contributed by atoms with Gasteiger partial charge in [0.05, 0.1) is 6.42 Å². The normalized spacial score (nSPS) is 34.3. The van der Waals surface area contributed by atoms with Crippen molar-refractivity contribution in [1.82, 2.24) is 5.32 Å². The number of amides is 2. The van der Waals surface area contributed by atoms with Crippen molar-refractivity contribution in [2.24, 2.45) is 34.3 Å². The molecule has 42 heavy (non-hydrogen) atoms. The second-order valence-electron chi connectivity index (χ2n) is 12.8. The van der Waals surface area contributed by atoms with Crippen LogP contribution in [0.1, 0.15) is 84.5 Å². The van der Waals surface area contributed by atoms with Gasteiger partial charge in [0.25, 0.3) is 0 Å². The SMILES string of the molecule is C[C@]12CCC(=O)C=C1CC[C@H]1[C@H]2C(=O)C[C@@]2(C)[C@@H]1CC[C@]2(O)C(=O)COC(=O)CCC(=O)N[C@@H](CCC(N)=O)C(=O)O. The number of carbonyl (C=O) groups excluding carboxylic acids is 6. The first-order chi connectivity index (χ1) is 19.6. The third-order valence-electron chi connectivity index (χ3n) is 10.5. The highest BCUT2D eigenvalue weighted by Gasteiger charge is 2.68. The molecular formula is C30H40N2O10. The number of aliphatic carboxylic acids is 1. The first kappa shape index (κ1) is 31.5. The number of carboxylic acid groups (broad SMARTS) is 1. The fourth-order valence-corrected chi connectivity index (χ4v) is 8.21. The van der Waals surface area contributed by atoms with Gasteiger partial charge in [0.1, 0.15) is 17.4 Å². The number of nitrogens with one attached hydrogen (secondary N) is 1. The highest BCUT2D eigenvalue weighted by molar-refractivity contribution is 5.95. The van der Waals surface area contributed by atoms with E-state index < -0.39 is 71.5 Å². The molecule has 0 bridgehead atoms. The van der Waals surface area contributed by atoms with E-state index in [1.807, 2.05) is 0 Å². The zero-order chi connectivity index (χ0) is 31.0. The van der Waals surface area contributed by atoms with Crippen LogP contribution >= 0.6 is 0 Å². The minimum Gasteiger partial charge on any atom is -0.480 e. The lowest BCUT2D eigenvalue weighted by Crippen LogP contribution is -2.61. The predicted molar refractivity (Wildman–Crippen MR) is 145 cm³/mol. The molecule has 4 rings (SSSR count). The molecule has 0 aromatic rings. The zero-order valence-corrected chi connectivity index (χ0v) is 24.1. The average molecular weight is 589 g/mol. The van der Waals surface area contributed by atoms with Crippen molar-refractivity contribution in [1.29, 1.82) is 0 Å². The summed E-state index contributed by atoms with van der Waals surface area (Å²) in [4.78, 5) is 85.7. The number of ketones is 3. The van der Waals surface area contributed by atoms with E-state index in [0.29, 0.717) is 32.1 Å². The van der Waals surface area contributed by atoms with Gasteiger partial charge < -0.3 is 26.0 Å². The average Bonchev–Trinajstić information content (AvgIpc) is 3.19. The largest absolute Gasteiger partial charge is 0.480 e. The Bertz CT molecular complexity index is 1240. The van der Waals surface area contributed by atoms with Gasteiger partial charge >= 0.3 is 11.9 Å². The first-order valence-electron chi connectivity index (χ1n) is 14.6. The minimum absolute atomic E-state index is 0.00664. The summed E-state index contributed by atoms with van der Waals surface area (Å²) >= 11 is 0. The Morgan fingerprint density at radius 3 is 2.45 bits per heavy atom. The van der Waals surface area contributed by atoms with Gasteiger partial charge in [-0.3, -0.25) is 28.8 Å². The molecule has 0 radical (unpaired) electrons. The lowest BCUT2D eigenvalue weighted by molar-refractivity contribution is -0.173. The van der Waals surface area contributed by atoms with Crippen molar-refractivity contribution in [2.75, 3.05) is 6.61 Å². The summed E-state index contributed by atoms with van der Waals surface area (Å²) in [5.74, 6) is -4.67. The Hall–Kier alpha value is -3.41. The van der Waals surface area contributed by atoms with E-state index in [1.54, 1.807) is 13.0 Å². The molecule has 0 saturated heterocycles. The van der Waals surface area contributed by atoms with Gasteiger partial charge in [-0.2, -0.15) is 0 Å². The molecule has 2 amide bonds. The van der Waals surface area contributed by atoms with Crippen molar-refractivity contribution in [3.8, 4) is 0 Å². The summed E-state index contributed by atoms with van der Waals surface area (Å²) in [6, 6.07) is -1.35. The third-order valence-corrected chi connectivity index (χ3v) is 10.5. The van der Waals surface area contributed by atoms with Crippen LogP contribution in [0, 0.1) is 28.6 Å². The number of fused-ring (bicyclic) bond motifs is 5. The summed E-state index contributed by atoms with van der Waals surface area (Å²) in [5, 5.41) is 23.1. The van der Waals surface area contributed by atoms with Crippen molar-refractivity contribution in [3.63, 3.8) is 0 Å². The fraction of sp³-hybridized carbons (Fsp3) is 0.700. The van der Waals surface area contributed by atoms with E-state index in [0.717, 1.165) is 5.57 Å². The monoisotopic (exact) mass is 588 g/mol. The number of nitrogens with two attached hydrogens (primary N) is 1. The first-order valence-corrected chi connectivity index (χ1v) is 14.6. The van der Waals surface area contributed by atoms with Crippen LogP contribution in [0.5, 0.6) is 0 Å². The molecule has 4 aliphatic rings. The second kappa shape index (κ2) is 11.7. The van der Waals surface area contributed by atoms with Crippen molar-refractivity contribution < 1.29 is 48.5 Å². The molecular weight excluding hydrogens is 548 g/mol. The number of Topliss-reactive ketones (excluding diaryl/α,β-unsaturated/α-hetero) is 2. The number of carbonyl (C=O) groups is 7. The number of hydrogen-bond donors (Lipinski definition) is 4. The summed E-state index contributed by atoms with van der Waals surface area (Å²) in [6.07, 6.45) is 3.59. The lowest BCUT2D eigenvalue weighted by Gasteiger charge is -2.57. The van der Waals surface area contributed by atoms with Crippen molar-refractivity contribution in [3.05, 3.63) is 11.6 Å². The smallest absolute Gasteiger partial charge is 0.326 e. The molecule has 4 aliphatic carbocycles. The van der Waals surface area contributed by atoms with Gasteiger partial charge in [-0.15, -0.1) is 0 Å². The molecule has 0 unspecified atom stereocenters. The van der Waals surface area contributed by atoms with Crippen molar-refractivity contribution in [2.45, 2.75) is 96.1 Å². The fourth-order valence-electron chi connectivity index (χ4n) is 8.21. The Balaban J connectivity index is 1.35. The van der Waals surface area contributed by atoms with E-state index in [1.165, 1.54) is 0 Å². The van der Waals surface area contributed by atoms with E-state index in [-0.39, 0.29) is 55.0 Å². The number of carboxylic acids is 1. The van der Waals surface area contributed by atoms with Gasteiger partial charge in [0.15, 0.2) is 12.4 Å². The number of hydrogen-bond acceptors (Lipinski definition) is 9. The van der Waals surface area contributed by atoms with Gasteiger partial charge in [0, 0.05) is 37.0 Å². The summed E-state index contributed by atoms with van der Waals surface area (Å²) in [5.41, 5.74) is 2.78. The van der Waals surface area contributed by atoms with Crippen LogP contribution in [0.2, 0.25) is 0 Å². The highest BCUT2D eigenvalue weighted by atomic mass is 16.5. The minimum atomic E-state index is -1.86. The topological polar surface area (TPSA) is 207 Å². The number of allylic oxidation sites excluding steroid dienone is 1. The van der Waals surface area contributed by atoms with Crippen LogP contribution in [-0.2, 0) is 38.3 Å². The molecule has 0 aromatic carbocycles. The molecule has 0 aromatic heterocycles. The quantitative estimate of drug-likeness (QED) is 0.253. The van der Waals surface area contributed by atoms with Crippen molar-refractivity contribution >= 4 is 41.1 Å². The van der Waals surface area contributed by atoms with Crippen LogP contribution in [0.3, 0.4) is 0 Å². The summed E-state index contributed by atoms with van der Waals surface area (Å²) in [6.45, 7) is 3.13. The molecule has 5 N–H and O–H groups in total. The zero-order valence-electron chi connectivity index (χ0n) is 24.1. The Morgan fingerprint density at radius 1 is 1.07 bits per heavy atom. The molecule has 0 heterocycles. The van der Waals surface area contributed by atoms with Gasteiger partial charge in [-0.25, -0.2) is 4.79 Å². The molecule has 12 heteroatoms. The molecule has 7 atom stereocenters. The van der Waals surface area contributed by atoms with Gasteiger partial charge in [0.2, 0.25) is 17.6 Å². The van der Waals surface area contributed by atoms with Crippen LogP contribution in [0.4, 0.5) is 0 Å². The lowest BCUT2D eigenvalue weighted by atomic mass is 9.46. The van der Waals surface area contributed by atoms with Crippen LogP contribution in [0.15, 0.2) is 11.6 Å². The number of ether oxygens (including phenoxy) is 1. The van der Waals surface area contributed by atoms with E-state index in [9.17, 15) is 43.8 Å². The maximum absolute atomic E-state index is 13.7. The summed E-state index contributed by atoms with van der Waals surface area (Å²) in [7, 11) is 0. The van der Waals surface area contributed by atoms with Crippen LogP contribution in [-0.4, -0.2) is 69.6 Å². The van der Waals surface area contributed by atoms with E-state index >= 15 is 0 Å². The van der Waals surface area contributed by atoms with E-state index in [4.69, 9.17) is 10.5 Å². The maximum atomic E-state index is 13.7. The van der Waals surface area contributed by atoms with Crippen LogP contribution in [0.25, 0.3) is 0 Å².